The molecule has 2 heterocycles. The number of ketones is 1. The maximum atomic E-state index is 13.4. The van der Waals surface area contributed by atoms with E-state index < -0.39 is 11.2 Å². The van der Waals surface area contributed by atoms with E-state index in [4.69, 9.17) is 16.3 Å². The Morgan fingerprint density at radius 1 is 1.30 bits per heavy atom. The normalized spacial score (nSPS) is 36.2. The highest BCUT2D eigenvalue weighted by Crippen LogP contribution is 2.62. The van der Waals surface area contributed by atoms with Gasteiger partial charge in [-0.05, 0) is 22.9 Å². The van der Waals surface area contributed by atoms with Crippen molar-refractivity contribution in [3.05, 3.63) is 69.5 Å². The minimum atomic E-state index is -1.87. The third-order valence-electron chi connectivity index (χ3n) is 6.36. The molecule has 4 nitrogen and oxygen atoms in total. The van der Waals surface area contributed by atoms with Crippen molar-refractivity contribution < 1.29 is 14.6 Å². The lowest BCUT2D eigenvalue weighted by atomic mass is 9.68. The average Bonchev–Trinajstić information content (AvgIpc) is 3.08. The lowest BCUT2D eigenvalue weighted by molar-refractivity contribution is -0.147. The molecule has 4 aliphatic rings. The smallest absolute Gasteiger partial charge is 0.213 e. The van der Waals surface area contributed by atoms with Gasteiger partial charge >= 0.3 is 0 Å². The number of carbonyl (C=O) groups excluding carboxylic acids is 1. The van der Waals surface area contributed by atoms with Crippen LogP contribution in [0.5, 0.6) is 5.75 Å². The Morgan fingerprint density at radius 3 is 2.97 bits per heavy atom. The zero-order chi connectivity index (χ0) is 20.9. The fourth-order valence-electron chi connectivity index (χ4n) is 5.05. The molecule has 30 heavy (non-hydrogen) atoms. The fraction of sp³-hybridized carbons (Fsp3) is 0.333. The van der Waals surface area contributed by atoms with Gasteiger partial charge in [0.25, 0.3) is 0 Å². The minimum Gasteiger partial charge on any atom is -0.476 e. The van der Waals surface area contributed by atoms with E-state index in [9.17, 15) is 9.90 Å². The second-order valence-corrected chi connectivity index (χ2v) is 9.41. The molecule has 3 aliphatic carbocycles. The van der Waals surface area contributed by atoms with Crippen LogP contribution < -0.4 is 4.74 Å². The van der Waals surface area contributed by atoms with Crippen LogP contribution in [0.1, 0.15) is 31.4 Å². The molecule has 4 unspecified atom stereocenters. The Bertz CT molecular complexity index is 1120. The van der Waals surface area contributed by atoms with E-state index in [0.717, 1.165) is 16.5 Å². The summed E-state index contributed by atoms with van der Waals surface area (Å²) in [5, 5.41) is 12.4. The third kappa shape index (κ3) is 2.71. The van der Waals surface area contributed by atoms with E-state index in [1.165, 1.54) is 6.20 Å². The van der Waals surface area contributed by atoms with Crippen molar-refractivity contribution in [1.29, 1.82) is 0 Å². The standard InChI is InChI=1S/C24H19BrClNO3/c25-17-10-8-16(9-11-17)24-19(15-6-4-2-1-3-5-7-15)13-21(28)23(24,29)22-20(30-24)12-18(26)14-27-22/h1-2,4,6,8,10,12,14-15,19,29H,3,9,11,13H2/b2-1-,6-4-. The summed E-state index contributed by atoms with van der Waals surface area (Å²) in [6, 6.07) is 1.63. The van der Waals surface area contributed by atoms with Gasteiger partial charge in [-0.1, -0.05) is 75.8 Å². The molecule has 0 spiro atoms. The lowest BCUT2D eigenvalue weighted by Crippen LogP contribution is -2.56. The zero-order valence-corrected chi connectivity index (χ0v) is 18.4. The number of allylic oxidation sites excluding steroid dienone is 7. The highest BCUT2D eigenvalue weighted by atomic mass is 79.9. The van der Waals surface area contributed by atoms with Crippen LogP contribution in [0.25, 0.3) is 0 Å². The highest BCUT2D eigenvalue weighted by Gasteiger charge is 2.75. The van der Waals surface area contributed by atoms with Crippen molar-refractivity contribution in [3.63, 3.8) is 0 Å². The van der Waals surface area contributed by atoms with Crippen LogP contribution in [0, 0.1) is 23.7 Å². The molecule has 152 valence electrons. The number of aliphatic hydroxyl groups is 1. The van der Waals surface area contributed by atoms with Crippen LogP contribution in [0.4, 0.5) is 0 Å². The Kier molecular flexibility index (Phi) is 4.77. The Labute approximate surface area is 188 Å². The molecular formula is C24H19BrClNO3. The van der Waals surface area contributed by atoms with Gasteiger partial charge in [0.15, 0.2) is 11.4 Å². The molecule has 1 N–H and O–H groups in total. The van der Waals surface area contributed by atoms with E-state index >= 15 is 0 Å². The molecule has 4 atom stereocenters. The first-order chi connectivity index (χ1) is 14.5. The molecule has 0 saturated heterocycles. The van der Waals surface area contributed by atoms with Crippen LogP contribution in [0.2, 0.25) is 5.02 Å². The zero-order valence-electron chi connectivity index (χ0n) is 16.1. The van der Waals surface area contributed by atoms with Crippen LogP contribution in [0.3, 0.4) is 0 Å². The predicted octanol–water partition coefficient (Wildman–Crippen LogP) is 4.78. The van der Waals surface area contributed by atoms with Crippen molar-refractivity contribution in [2.24, 2.45) is 11.8 Å². The first-order valence-corrected chi connectivity index (χ1v) is 11.1. The molecule has 0 bridgehead atoms. The monoisotopic (exact) mass is 483 g/mol. The molecular weight excluding hydrogens is 466 g/mol. The SMILES string of the molecule is O=C1CC(C2C#CC/C=C\C=C/2)C2(C3=CC=C(Br)CC3)Oc3cc(Cl)cnc3C12O. The molecule has 0 amide bonds. The second-order valence-electron chi connectivity index (χ2n) is 7.95. The number of Topliss-reactive ketones (excluding diaryl/α,β-unsaturated/α-hetero) is 1. The number of pyridine rings is 1. The van der Waals surface area contributed by atoms with Gasteiger partial charge in [-0.25, -0.2) is 0 Å². The van der Waals surface area contributed by atoms with Crippen LogP contribution in [-0.2, 0) is 10.4 Å². The molecule has 1 aliphatic heterocycles. The summed E-state index contributed by atoms with van der Waals surface area (Å²) in [5.74, 6) is 5.94. The average molecular weight is 485 g/mol. The summed E-state index contributed by atoms with van der Waals surface area (Å²) in [4.78, 5) is 17.7. The highest BCUT2D eigenvalue weighted by molar-refractivity contribution is 9.11. The largest absolute Gasteiger partial charge is 0.476 e. The van der Waals surface area contributed by atoms with Gasteiger partial charge in [0.05, 0.1) is 5.02 Å². The van der Waals surface area contributed by atoms with E-state index in [-0.39, 0.29) is 29.7 Å². The van der Waals surface area contributed by atoms with E-state index in [2.05, 4.69) is 32.8 Å². The van der Waals surface area contributed by atoms with Gasteiger partial charge in [0, 0.05) is 36.9 Å². The van der Waals surface area contributed by atoms with Crippen molar-refractivity contribution in [2.75, 3.05) is 0 Å². The second kappa shape index (κ2) is 7.23. The number of fused-ring (bicyclic) bond motifs is 3. The quantitative estimate of drug-likeness (QED) is 0.614. The number of ether oxygens (including phenoxy) is 1. The van der Waals surface area contributed by atoms with Gasteiger partial charge < -0.3 is 9.84 Å². The number of rotatable bonds is 2. The Morgan fingerprint density at radius 2 is 2.17 bits per heavy atom. The van der Waals surface area contributed by atoms with Gasteiger partial charge in [-0.15, -0.1) is 0 Å². The van der Waals surface area contributed by atoms with Crippen molar-refractivity contribution >= 4 is 33.3 Å². The molecule has 0 aromatic carbocycles. The van der Waals surface area contributed by atoms with Crippen LogP contribution in [-0.4, -0.2) is 21.5 Å². The fourth-order valence-corrected chi connectivity index (χ4v) is 5.53. The minimum absolute atomic E-state index is 0.163. The summed E-state index contributed by atoms with van der Waals surface area (Å²) in [7, 11) is 0. The number of hydrogen-bond acceptors (Lipinski definition) is 4. The number of nitrogens with zero attached hydrogens (tertiary/aromatic N) is 1. The number of aromatic nitrogens is 1. The van der Waals surface area contributed by atoms with Crippen molar-refractivity contribution in [1.82, 2.24) is 4.98 Å². The predicted molar refractivity (Wildman–Crippen MR) is 118 cm³/mol. The van der Waals surface area contributed by atoms with Gasteiger partial charge in [0.2, 0.25) is 5.60 Å². The van der Waals surface area contributed by atoms with Crippen LogP contribution in [0.15, 0.2) is 58.8 Å². The summed E-state index contributed by atoms with van der Waals surface area (Å²) in [5.41, 5.74) is -2.00. The Hall–Kier alpha value is -2.13. The molecule has 0 radical (unpaired) electrons. The molecule has 6 heteroatoms. The van der Waals surface area contributed by atoms with E-state index in [1.807, 2.05) is 36.5 Å². The van der Waals surface area contributed by atoms with E-state index in [1.54, 1.807) is 6.07 Å². The Balaban J connectivity index is 1.74. The van der Waals surface area contributed by atoms with E-state index in [0.29, 0.717) is 23.6 Å². The third-order valence-corrected chi connectivity index (χ3v) is 7.23. The maximum absolute atomic E-state index is 13.4. The van der Waals surface area contributed by atoms with Crippen LogP contribution >= 0.6 is 27.5 Å². The lowest BCUT2D eigenvalue weighted by Gasteiger charge is -2.42. The summed E-state index contributed by atoms with van der Waals surface area (Å²) < 4.78 is 7.60. The molecule has 1 saturated carbocycles. The number of hydrogen-bond donors (Lipinski definition) is 1. The molecule has 1 fully saturated rings. The summed E-state index contributed by atoms with van der Waals surface area (Å²) in [6.45, 7) is 0. The van der Waals surface area contributed by atoms with Crippen molar-refractivity contribution in [2.45, 2.75) is 36.9 Å². The van der Waals surface area contributed by atoms with Crippen molar-refractivity contribution in [3.8, 4) is 17.6 Å². The van der Waals surface area contributed by atoms with Gasteiger partial charge in [-0.3, -0.25) is 9.78 Å². The molecule has 1 aromatic rings. The summed E-state index contributed by atoms with van der Waals surface area (Å²) in [6.07, 6.45) is 15.5. The maximum Gasteiger partial charge on any atom is 0.213 e. The first kappa shape index (κ1) is 19.8. The molecule has 1 aromatic heterocycles. The van der Waals surface area contributed by atoms with Gasteiger partial charge in [0.1, 0.15) is 11.4 Å². The van der Waals surface area contributed by atoms with Gasteiger partial charge in [-0.2, -0.15) is 0 Å². The summed E-state index contributed by atoms with van der Waals surface area (Å²) >= 11 is 9.70. The number of carbonyl (C=O) groups is 1. The number of halogens is 2. The first-order valence-electron chi connectivity index (χ1n) is 9.95. The molecule has 5 rings (SSSR count). The topological polar surface area (TPSA) is 59.4 Å².